The van der Waals surface area contributed by atoms with E-state index in [1.807, 2.05) is 0 Å². The Labute approximate surface area is 96.9 Å². The summed E-state index contributed by atoms with van der Waals surface area (Å²) in [5, 5.41) is 11.8. The quantitative estimate of drug-likeness (QED) is 0.762. The molecule has 90 valence electrons. The summed E-state index contributed by atoms with van der Waals surface area (Å²) < 4.78 is 30.0. The van der Waals surface area contributed by atoms with Gasteiger partial charge >= 0.3 is 5.97 Å². The van der Waals surface area contributed by atoms with E-state index in [1.54, 1.807) is 5.38 Å². The number of carboxylic acid groups (broad SMARTS) is 1. The van der Waals surface area contributed by atoms with Crippen molar-refractivity contribution in [2.24, 2.45) is 0 Å². The minimum Gasteiger partial charge on any atom is -0.480 e. The lowest BCUT2D eigenvalue weighted by Crippen LogP contribution is -2.43. The molecule has 0 aromatic carbocycles. The second kappa shape index (κ2) is 5.39. The van der Waals surface area contributed by atoms with Crippen LogP contribution >= 0.6 is 11.3 Å². The number of thiophene rings is 1. The molecule has 0 aliphatic carbocycles. The number of carboxylic acids is 1. The molecular formula is C8H11NO5S2. The smallest absolute Gasteiger partial charge is 0.324 e. The zero-order valence-corrected chi connectivity index (χ0v) is 10.0. The molecule has 0 saturated carbocycles. The van der Waals surface area contributed by atoms with Gasteiger partial charge in [-0.1, -0.05) is 0 Å². The molecule has 1 aromatic rings. The molecular weight excluding hydrogens is 254 g/mol. The highest BCUT2D eigenvalue weighted by Gasteiger charge is 2.25. The summed E-state index contributed by atoms with van der Waals surface area (Å²) in [7, 11) is -2.48. The molecule has 0 spiro atoms. The number of carbonyl (C=O) groups is 1. The molecule has 0 saturated heterocycles. The highest BCUT2D eigenvalue weighted by Crippen LogP contribution is 2.13. The van der Waals surface area contributed by atoms with E-state index in [2.05, 4.69) is 9.46 Å². The van der Waals surface area contributed by atoms with Crippen LogP contribution in [0.2, 0.25) is 0 Å². The maximum Gasteiger partial charge on any atom is 0.324 e. The number of ether oxygens (including phenoxy) is 1. The van der Waals surface area contributed by atoms with Crippen LogP contribution in [0.1, 0.15) is 0 Å². The third kappa shape index (κ3) is 3.27. The highest BCUT2D eigenvalue weighted by atomic mass is 32.2. The van der Waals surface area contributed by atoms with Gasteiger partial charge in [0.05, 0.1) is 11.5 Å². The number of nitrogens with one attached hydrogen (secondary N) is 1. The van der Waals surface area contributed by atoms with E-state index in [9.17, 15) is 13.2 Å². The molecule has 0 fully saturated rings. The number of sulfonamides is 1. The molecule has 0 unspecified atom stereocenters. The number of hydrogen-bond donors (Lipinski definition) is 2. The molecule has 2 N–H and O–H groups in total. The maximum absolute atomic E-state index is 11.7. The summed E-state index contributed by atoms with van der Waals surface area (Å²) in [6, 6.07) is 0.119. The summed E-state index contributed by atoms with van der Waals surface area (Å²) in [5.41, 5.74) is 0. The van der Waals surface area contributed by atoms with Crippen LogP contribution in [0.4, 0.5) is 0 Å². The van der Waals surface area contributed by atoms with Crippen LogP contribution in [-0.4, -0.2) is 39.3 Å². The number of aliphatic carboxylic acids is 1. The van der Waals surface area contributed by atoms with E-state index in [-0.39, 0.29) is 11.5 Å². The van der Waals surface area contributed by atoms with Gasteiger partial charge in [-0.2, -0.15) is 16.1 Å². The fourth-order valence-electron chi connectivity index (χ4n) is 0.983. The van der Waals surface area contributed by atoms with Crippen molar-refractivity contribution >= 4 is 27.3 Å². The monoisotopic (exact) mass is 265 g/mol. The van der Waals surface area contributed by atoms with Gasteiger partial charge in [0, 0.05) is 12.5 Å². The molecule has 8 heteroatoms. The fraction of sp³-hybridized carbons (Fsp3) is 0.375. The van der Waals surface area contributed by atoms with E-state index in [0.29, 0.717) is 0 Å². The molecule has 1 atom stereocenters. The molecule has 1 rings (SSSR count). The van der Waals surface area contributed by atoms with Gasteiger partial charge in [0.25, 0.3) is 0 Å². The Morgan fingerprint density at radius 3 is 2.81 bits per heavy atom. The van der Waals surface area contributed by atoms with E-state index >= 15 is 0 Å². The summed E-state index contributed by atoms with van der Waals surface area (Å²) >= 11 is 1.22. The van der Waals surface area contributed by atoms with Gasteiger partial charge in [-0.25, -0.2) is 8.42 Å². The van der Waals surface area contributed by atoms with Gasteiger partial charge in [-0.3, -0.25) is 4.79 Å². The predicted octanol–water partition coefficient (Wildman–Crippen LogP) is 0.126. The van der Waals surface area contributed by atoms with Crippen molar-refractivity contribution in [3.05, 3.63) is 16.8 Å². The molecule has 6 nitrogen and oxygen atoms in total. The first-order valence-corrected chi connectivity index (χ1v) is 6.66. The number of hydrogen-bond acceptors (Lipinski definition) is 5. The van der Waals surface area contributed by atoms with Gasteiger partial charge < -0.3 is 9.84 Å². The summed E-state index contributed by atoms with van der Waals surface area (Å²) in [5.74, 6) is -1.28. The van der Waals surface area contributed by atoms with Crippen LogP contribution in [0, 0.1) is 0 Å². The van der Waals surface area contributed by atoms with Crippen molar-refractivity contribution < 1.29 is 23.1 Å². The molecule has 0 aliphatic heterocycles. The second-order valence-corrected chi connectivity index (χ2v) is 5.42. The van der Waals surface area contributed by atoms with Crippen molar-refractivity contribution in [3.63, 3.8) is 0 Å². The minimum absolute atomic E-state index is 0.0554. The Kier molecular flexibility index (Phi) is 4.42. The second-order valence-electron chi connectivity index (χ2n) is 2.93. The lowest BCUT2D eigenvalue weighted by molar-refractivity contribution is -0.140. The first-order chi connectivity index (χ1) is 7.47. The van der Waals surface area contributed by atoms with Crippen molar-refractivity contribution in [2.75, 3.05) is 13.7 Å². The largest absolute Gasteiger partial charge is 0.480 e. The summed E-state index contributed by atoms with van der Waals surface area (Å²) in [6.45, 7) is -0.224. The Hall–Kier alpha value is -0.960. The van der Waals surface area contributed by atoms with Crippen LogP contribution in [-0.2, 0) is 19.6 Å². The number of rotatable bonds is 6. The SMILES string of the molecule is COC[C@H](NS(=O)(=O)c1ccsc1)C(=O)O. The van der Waals surface area contributed by atoms with Crippen LogP contribution in [0.15, 0.2) is 21.7 Å². The van der Waals surface area contributed by atoms with Gasteiger partial charge in [-0.05, 0) is 11.4 Å². The molecule has 1 heterocycles. The first kappa shape index (κ1) is 13.1. The molecule has 0 amide bonds. The molecule has 0 aliphatic rings. The Balaban J connectivity index is 2.82. The minimum atomic E-state index is -3.78. The topological polar surface area (TPSA) is 92.7 Å². The van der Waals surface area contributed by atoms with Gasteiger partial charge in [0.2, 0.25) is 10.0 Å². The van der Waals surface area contributed by atoms with E-state index in [0.717, 1.165) is 0 Å². The van der Waals surface area contributed by atoms with Crippen LogP contribution in [0.5, 0.6) is 0 Å². The van der Waals surface area contributed by atoms with E-state index in [1.165, 1.54) is 29.9 Å². The summed E-state index contributed by atoms with van der Waals surface area (Å²) in [4.78, 5) is 10.8. The van der Waals surface area contributed by atoms with Crippen LogP contribution in [0.3, 0.4) is 0 Å². The van der Waals surface area contributed by atoms with Gasteiger partial charge in [-0.15, -0.1) is 0 Å². The molecule has 16 heavy (non-hydrogen) atoms. The standard InChI is InChI=1S/C8H11NO5S2/c1-14-4-7(8(10)11)9-16(12,13)6-2-3-15-5-6/h2-3,5,7,9H,4H2,1H3,(H,10,11)/t7-/m0/s1. The van der Waals surface area contributed by atoms with Crippen LogP contribution < -0.4 is 4.72 Å². The lowest BCUT2D eigenvalue weighted by atomic mass is 10.3. The third-order valence-electron chi connectivity index (χ3n) is 1.73. The van der Waals surface area contributed by atoms with Gasteiger partial charge in [0.15, 0.2) is 0 Å². The zero-order valence-electron chi connectivity index (χ0n) is 8.41. The Bertz CT molecular complexity index is 439. The highest BCUT2D eigenvalue weighted by molar-refractivity contribution is 7.89. The van der Waals surface area contributed by atoms with Gasteiger partial charge in [0.1, 0.15) is 6.04 Å². The molecule has 0 bridgehead atoms. The average Bonchev–Trinajstić information content (AvgIpc) is 2.69. The van der Waals surface area contributed by atoms with E-state index < -0.39 is 22.0 Å². The average molecular weight is 265 g/mol. The first-order valence-electron chi connectivity index (χ1n) is 4.23. The predicted molar refractivity (Wildman–Crippen MR) is 57.9 cm³/mol. The summed E-state index contributed by atoms with van der Waals surface area (Å²) in [6.07, 6.45) is 0. The molecule has 0 radical (unpaired) electrons. The normalized spacial score (nSPS) is 13.6. The lowest BCUT2D eigenvalue weighted by Gasteiger charge is -2.12. The van der Waals surface area contributed by atoms with Crippen molar-refractivity contribution in [1.82, 2.24) is 4.72 Å². The van der Waals surface area contributed by atoms with E-state index in [4.69, 9.17) is 5.11 Å². The zero-order chi connectivity index (χ0) is 12.2. The van der Waals surface area contributed by atoms with Crippen molar-refractivity contribution in [1.29, 1.82) is 0 Å². The fourth-order valence-corrected chi connectivity index (χ4v) is 3.19. The number of methoxy groups -OCH3 is 1. The Morgan fingerprint density at radius 1 is 1.69 bits per heavy atom. The maximum atomic E-state index is 11.7. The Morgan fingerprint density at radius 2 is 2.38 bits per heavy atom. The molecule has 1 aromatic heterocycles. The van der Waals surface area contributed by atoms with Crippen molar-refractivity contribution in [3.8, 4) is 0 Å². The third-order valence-corrected chi connectivity index (χ3v) is 4.04. The van der Waals surface area contributed by atoms with Crippen LogP contribution in [0.25, 0.3) is 0 Å². The van der Waals surface area contributed by atoms with Crippen molar-refractivity contribution in [2.45, 2.75) is 10.9 Å².